The third-order valence-electron chi connectivity index (χ3n) is 1.81. The zero-order valence-electron chi connectivity index (χ0n) is 8.25. The molecule has 5 nitrogen and oxygen atoms in total. The molecular formula is C8H7ClN4OS2. The lowest BCUT2D eigenvalue weighted by Gasteiger charge is -2.13. The van der Waals surface area contributed by atoms with Crippen molar-refractivity contribution in [2.75, 3.05) is 7.05 Å². The number of carbonyl (C=O) groups excluding carboxylic acids is 1. The first kappa shape index (κ1) is 11.4. The van der Waals surface area contributed by atoms with Crippen LogP contribution >= 0.6 is 34.3 Å². The first-order chi connectivity index (χ1) is 7.66. The number of aromatic nitrogens is 3. The molecule has 0 spiro atoms. The quantitative estimate of drug-likeness (QED) is 0.858. The van der Waals surface area contributed by atoms with Gasteiger partial charge in [-0.25, -0.2) is 4.98 Å². The van der Waals surface area contributed by atoms with Crippen LogP contribution in [0.15, 0.2) is 10.9 Å². The van der Waals surface area contributed by atoms with Crippen LogP contribution in [0.1, 0.15) is 15.5 Å². The minimum absolute atomic E-state index is 0.197. The normalized spacial score (nSPS) is 10.4. The van der Waals surface area contributed by atoms with Gasteiger partial charge in [0.05, 0.1) is 17.7 Å². The molecule has 0 saturated heterocycles. The van der Waals surface area contributed by atoms with Gasteiger partial charge in [-0.1, -0.05) is 11.3 Å². The van der Waals surface area contributed by atoms with E-state index in [4.69, 9.17) is 11.6 Å². The number of halogens is 1. The molecule has 2 heterocycles. The largest absolute Gasteiger partial charge is 0.334 e. The highest BCUT2D eigenvalue weighted by atomic mass is 35.5. The van der Waals surface area contributed by atoms with E-state index in [1.165, 1.54) is 16.2 Å². The van der Waals surface area contributed by atoms with Gasteiger partial charge in [0.2, 0.25) is 9.47 Å². The minimum Gasteiger partial charge on any atom is -0.334 e. The van der Waals surface area contributed by atoms with E-state index in [2.05, 4.69) is 15.2 Å². The van der Waals surface area contributed by atoms with E-state index in [1.807, 2.05) is 5.38 Å². The number of nitrogens with zero attached hydrogens (tertiary/aromatic N) is 4. The highest BCUT2D eigenvalue weighted by molar-refractivity contribution is 7.17. The summed E-state index contributed by atoms with van der Waals surface area (Å²) >= 11 is 8.18. The van der Waals surface area contributed by atoms with Crippen LogP contribution < -0.4 is 0 Å². The van der Waals surface area contributed by atoms with Crippen LogP contribution in [0.3, 0.4) is 0 Å². The van der Waals surface area contributed by atoms with Gasteiger partial charge in [0.1, 0.15) is 0 Å². The summed E-state index contributed by atoms with van der Waals surface area (Å²) in [6.07, 6.45) is 0. The van der Waals surface area contributed by atoms with E-state index < -0.39 is 0 Å². The van der Waals surface area contributed by atoms with Gasteiger partial charge < -0.3 is 4.90 Å². The Balaban J connectivity index is 2.05. The summed E-state index contributed by atoms with van der Waals surface area (Å²) in [7, 11) is 1.69. The summed E-state index contributed by atoms with van der Waals surface area (Å²) in [4.78, 5) is 17.5. The van der Waals surface area contributed by atoms with Crippen LogP contribution in [0, 0.1) is 0 Å². The molecule has 8 heteroatoms. The predicted octanol–water partition coefficient (Wildman–Crippen LogP) is 1.92. The standard InChI is InChI=1S/C8H7ClN4OS2/c1-13(2-5-3-15-4-10-5)7(14)6-11-12-8(9)16-6/h3-4H,2H2,1H3. The first-order valence-corrected chi connectivity index (χ1v) is 6.42. The lowest BCUT2D eigenvalue weighted by Crippen LogP contribution is -2.26. The molecular weight excluding hydrogens is 268 g/mol. The van der Waals surface area contributed by atoms with Crippen LogP contribution in [0.5, 0.6) is 0 Å². The van der Waals surface area contributed by atoms with Crippen molar-refractivity contribution in [2.45, 2.75) is 6.54 Å². The van der Waals surface area contributed by atoms with Crippen molar-refractivity contribution in [3.05, 3.63) is 26.1 Å². The molecule has 0 aliphatic rings. The summed E-state index contributed by atoms with van der Waals surface area (Å²) in [6, 6.07) is 0. The van der Waals surface area contributed by atoms with Crippen molar-refractivity contribution in [3.8, 4) is 0 Å². The van der Waals surface area contributed by atoms with Crippen molar-refractivity contribution in [3.63, 3.8) is 0 Å². The maximum Gasteiger partial charge on any atom is 0.284 e. The molecule has 0 bridgehead atoms. The second-order valence-electron chi connectivity index (χ2n) is 3.00. The van der Waals surface area contributed by atoms with Crippen molar-refractivity contribution in [2.24, 2.45) is 0 Å². The molecule has 0 aromatic carbocycles. The van der Waals surface area contributed by atoms with Crippen LogP contribution in [0.25, 0.3) is 0 Å². The first-order valence-electron chi connectivity index (χ1n) is 4.28. The van der Waals surface area contributed by atoms with Crippen molar-refractivity contribution >= 4 is 40.2 Å². The molecule has 2 rings (SSSR count). The van der Waals surface area contributed by atoms with E-state index in [9.17, 15) is 4.79 Å². The van der Waals surface area contributed by atoms with Gasteiger partial charge in [0.25, 0.3) is 5.91 Å². The minimum atomic E-state index is -0.197. The maximum absolute atomic E-state index is 11.8. The van der Waals surface area contributed by atoms with E-state index >= 15 is 0 Å². The molecule has 0 atom stereocenters. The smallest absolute Gasteiger partial charge is 0.284 e. The Labute approximate surface area is 105 Å². The molecule has 0 aliphatic heterocycles. The van der Waals surface area contributed by atoms with Gasteiger partial charge in [0.15, 0.2) is 0 Å². The molecule has 16 heavy (non-hydrogen) atoms. The average Bonchev–Trinajstić information content (AvgIpc) is 2.88. The lowest BCUT2D eigenvalue weighted by atomic mass is 10.4. The third kappa shape index (κ3) is 2.55. The van der Waals surface area contributed by atoms with Gasteiger partial charge in [-0.3, -0.25) is 4.79 Å². The molecule has 0 fully saturated rings. The topological polar surface area (TPSA) is 59.0 Å². The van der Waals surface area contributed by atoms with Gasteiger partial charge in [-0.15, -0.1) is 21.5 Å². The molecule has 84 valence electrons. The summed E-state index contributed by atoms with van der Waals surface area (Å²) in [6.45, 7) is 0.458. The predicted molar refractivity (Wildman–Crippen MR) is 62.8 cm³/mol. The van der Waals surface area contributed by atoms with Crippen LogP contribution in [0.2, 0.25) is 4.47 Å². The molecule has 0 unspecified atom stereocenters. The Hall–Kier alpha value is -1.05. The zero-order valence-corrected chi connectivity index (χ0v) is 10.6. The lowest BCUT2D eigenvalue weighted by molar-refractivity contribution is 0.0782. The Bertz CT molecular complexity index is 484. The molecule has 0 aliphatic carbocycles. The Morgan fingerprint density at radius 3 is 2.94 bits per heavy atom. The fourth-order valence-corrected chi connectivity index (χ4v) is 2.46. The van der Waals surface area contributed by atoms with Crippen LogP contribution in [-0.4, -0.2) is 33.0 Å². The summed E-state index contributed by atoms with van der Waals surface area (Å²) < 4.78 is 0.269. The molecule has 2 aromatic rings. The van der Waals surface area contributed by atoms with Gasteiger partial charge in [-0.2, -0.15) is 0 Å². The Morgan fingerprint density at radius 2 is 2.38 bits per heavy atom. The fourth-order valence-electron chi connectivity index (χ4n) is 1.09. The molecule has 1 amide bonds. The molecule has 0 N–H and O–H groups in total. The second kappa shape index (κ2) is 4.86. The van der Waals surface area contributed by atoms with Gasteiger partial charge >= 0.3 is 0 Å². The summed E-state index contributed by atoms with van der Waals surface area (Å²) in [5, 5.41) is 9.48. The molecule has 2 aromatic heterocycles. The van der Waals surface area contributed by atoms with Crippen LogP contribution in [0.4, 0.5) is 0 Å². The van der Waals surface area contributed by atoms with Gasteiger partial charge in [-0.05, 0) is 11.6 Å². The number of hydrogen-bond acceptors (Lipinski definition) is 6. The van der Waals surface area contributed by atoms with E-state index in [0.29, 0.717) is 11.6 Å². The highest BCUT2D eigenvalue weighted by Gasteiger charge is 2.17. The average molecular weight is 275 g/mol. The third-order valence-corrected chi connectivity index (χ3v) is 3.45. The number of amides is 1. The Morgan fingerprint density at radius 1 is 1.56 bits per heavy atom. The van der Waals surface area contributed by atoms with E-state index in [0.717, 1.165) is 17.0 Å². The van der Waals surface area contributed by atoms with E-state index in [1.54, 1.807) is 12.6 Å². The highest BCUT2D eigenvalue weighted by Crippen LogP contribution is 2.17. The number of rotatable bonds is 3. The monoisotopic (exact) mass is 274 g/mol. The number of hydrogen-bond donors (Lipinski definition) is 0. The second-order valence-corrected chi connectivity index (χ2v) is 5.28. The number of carbonyl (C=O) groups is 1. The maximum atomic E-state index is 11.8. The molecule has 0 saturated carbocycles. The zero-order chi connectivity index (χ0) is 11.5. The van der Waals surface area contributed by atoms with Gasteiger partial charge in [0, 0.05) is 12.4 Å². The van der Waals surface area contributed by atoms with Crippen molar-refractivity contribution in [1.82, 2.24) is 20.1 Å². The van der Waals surface area contributed by atoms with E-state index in [-0.39, 0.29) is 10.4 Å². The molecule has 0 radical (unpaired) electrons. The Kier molecular flexibility index (Phi) is 3.47. The summed E-state index contributed by atoms with van der Waals surface area (Å²) in [5.74, 6) is -0.197. The summed E-state index contributed by atoms with van der Waals surface area (Å²) in [5.41, 5.74) is 2.59. The SMILES string of the molecule is CN(Cc1cscn1)C(=O)c1nnc(Cl)s1. The fraction of sp³-hybridized carbons (Fsp3) is 0.250. The van der Waals surface area contributed by atoms with Crippen molar-refractivity contribution < 1.29 is 4.79 Å². The van der Waals surface area contributed by atoms with Crippen LogP contribution in [-0.2, 0) is 6.54 Å². The number of thiazole rings is 1. The van der Waals surface area contributed by atoms with Crippen molar-refractivity contribution in [1.29, 1.82) is 0 Å².